The van der Waals surface area contributed by atoms with E-state index in [0.29, 0.717) is 17.4 Å². The quantitative estimate of drug-likeness (QED) is 0.752. The largest absolute Gasteiger partial charge is 0.495 e. The molecule has 2 aromatic heterocycles. The summed E-state index contributed by atoms with van der Waals surface area (Å²) in [4.78, 5) is 0.835. The molecule has 1 saturated carbocycles. The van der Waals surface area contributed by atoms with Crippen molar-refractivity contribution in [3.05, 3.63) is 24.0 Å². The molecule has 21 heavy (non-hydrogen) atoms. The fourth-order valence-corrected chi connectivity index (χ4v) is 3.38. The maximum atomic E-state index is 5.96. The summed E-state index contributed by atoms with van der Waals surface area (Å²) in [7, 11) is 1.61. The molecule has 3 aromatic rings. The number of hydrogen-bond acceptors (Lipinski definition) is 6. The molecular weight excluding hydrogens is 286 g/mol. The van der Waals surface area contributed by atoms with Gasteiger partial charge in [0, 0.05) is 11.5 Å². The molecule has 0 amide bonds. The van der Waals surface area contributed by atoms with Gasteiger partial charge in [-0.15, -0.1) is 10.2 Å². The SMILES string of the molecule is COc1ccc(-c2nn3c(C4CCC4)nnc3s2)cc1N. The number of anilines is 1. The van der Waals surface area contributed by atoms with Crippen LogP contribution in [0.1, 0.15) is 31.0 Å². The van der Waals surface area contributed by atoms with Gasteiger partial charge in [-0.1, -0.05) is 17.8 Å². The summed E-state index contributed by atoms with van der Waals surface area (Å²) in [5, 5.41) is 14.1. The standard InChI is InChI=1S/C14H15N5OS/c1-20-11-6-5-9(7-10(11)15)13-18-19-12(8-3-2-4-8)16-17-14(19)21-13/h5-8H,2-4,15H2,1H3. The number of rotatable bonds is 3. The molecule has 0 saturated heterocycles. The Morgan fingerprint density at radius 3 is 2.86 bits per heavy atom. The number of nitrogens with zero attached hydrogens (tertiary/aromatic N) is 4. The maximum absolute atomic E-state index is 5.96. The molecule has 0 bridgehead atoms. The number of fused-ring (bicyclic) bond motifs is 1. The number of nitrogen functional groups attached to an aromatic ring is 1. The molecule has 0 atom stereocenters. The zero-order valence-electron chi connectivity index (χ0n) is 11.6. The van der Waals surface area contributed by atoms with Crippen LogP contribution in [0.4, 0.5) is 5.69 Å². The molecule has 1 aliphatic carbocycles. The molecule has 2 N–H and O–H groups in total. The van der Waals surface area contributed by atoms with Crippen molar-refractivity contribution in [1.82, 2.24) is 19.8 Å². The maximum Gasteiger partial charge on any atom is 0.234 e. The second kappa shape index (κ2) is 4.70. The minimum atomic E-state index is 0.510. The van der Waals surface area contributed by atoms with Crippen LogP contribution < -0.4 is 10.5 Å². The van der Waals surface area contributed by atoms with Gasteiger partial charge >= 0.3 is 0 Å². The first-order valence-electron chi connectivity index (χ1n) is 6.92. The van der Waals surface area contributed by atoms with Crippen LogP contribution in [0.25, 0.3) is 15.5 Å². The van der Waals surface area contributed by atoms with Gasteiger partial charge in [0.2, 0.25) is 4.96 Å². The van der Waals surface area contributed by atoms with Gasteiger partial charge < -0.3 is 10.5 Å². The van der Waals surface area contributed by atoms with Crippen molar-refractivity contribution in [3.8, 4) is 16.3 Å². The molecular formula is C14H15N5OS. The minimum absolute atomic E-state index is 0.510. The topological polar surface area (TPSA) is 78.3 Å². The van der Waals surface area contributed by atoms with E-state index in [9.17, 15) is 0 Å². The van der Waals surface area contributed by atoms with Crippen LogP contribution >= 0.6 is 11.3 Å². The summed E-state index contributed by atoms with van der Waals surface area (Å²) in [6.45, 7) is 0. The zero-order chi connectivity index (χ0) is 14.4. The van der Waals surface area contributed by atoms with Gasteiger partial charge in [-0.05, 0) is 31.0 Å². The zero-order valence-corrected chi connectivity index (χ0v) is 12.4. The lowest BCUT2D eigenvalue weighted by atomic mass is 9.85. The molecule has 0 unspecified atom stereocenters. The van der Waals surface area contributed by atoms with Crippen LogP contribution in [-0.4, -0.2) is 26.9 Å². The molecule has 0 radical (unpaired) electrons. The fourth-order valence-electron chi connectivity index (χ4n) is 2.54. The molecule has 1 aromatic carbocycles. The summed E-state index contributed by atoms with van der Waals surface area (Å²) in [5.41, 5.74) is 7.55. The molecule has 4 rings (SSSR count). The van der Waals surface area contributed by atoms with Crippen molar-refractivity contribution in [2.24, 2.45) is 0 Å². The average molecular weight is 301 g/mol. The lowest BCUT2D eigenvalue weighted by Crippen LogP contribution is -2.12. The van der Waals surface area contributed by atoms with E-state index in [1.165, 1.54) is 30.6 Å². The summed E-state index contributed by atoms with van der Waals surface area (Å²) < 4.78 is 7.06. The van der Waals surface area contributed by atoms with Crippen molar-refractivity contribution >= 4 is 22.0 Å². The van der Waals surface area contributed by atoms with E-state index in [4.69, 9.17) is 10.5 Å². The Morgan fingerprint density at radius 1 is 1.33 bits per heavy atom. The van der Waals surface area contributed by atoms with Crippen molar-refractivity contribution in [3.63, 3.8) is 0 Å². The van der Waals surface area contributed by atoms with Gasteiger partial charge in [0.15, 0.2) is 5.82 Å². The van der Waals surface area contributed by atoms with Crippen molar-refractivity contribution in [2.45, 2.75) is 25.2 Å². The van der Waals surface area contributed by atoms with Gasteiger partial charge in [-0.3, -0.25) is 0 Å². The highest BCUT2D eigenvalue weighted by Crippen LogP contribution is 2.37. The van der Waals surface area contributed by atoms with Crippen LogP contribution in [0.15, 0.2) is 18.2 Å². The lowest BCUT2D eigenvalue weighted by Gasteiger charge is -2.22. The van der Waals surface area contributed by atoms with E-state index < -0.39 is 0 Å². The molecule has 1 aliphatic rings. The van der Waals surface area contributed by atoms with Crippen molar-refractivity contribution in [2.75, 3.05) is 12.8 Å². The highest BCUT2D eigenvalue weighted by Gasteiger charge is 2.26. The van der Waals surface area contributed by atoms with Crippen LogP contribution in [0.3, 0.4) is 0 Å². The summed E-state index contributed by atoms with van der Waals surface area (Å²) in [6.07, 6.45) is 3.64. The third-order valence-electron chi connectivity index (χ3n) is 3.96. The third-order valence-corrected chi connectivity index (χ3v) is 4.91. The number of methoxy groups -OCH3 is 1. The van der Waals surface area contributed by atoms with Crippen LogP contribution in [-0.2, 0) is 0 Å². The van der Waals surface area contributed by atoms with Crippen molar-refractivity contribution < 1.29 is 4.74 Å². The smallest absolute Gasteiger partial charge is 0.234 e. The predicted octanol–water partition coefficient (Wildman–Crippen LogP) is 2.71. The van der Waals surface area contributed by atoms with E-state index in [2.05, 4.69) is 15.3 Å². The van der Waals surface area contributed by atoms with Gasteiger partial charge in [-0.2, -0.15) is 9.61 Å². The van der Waals surface area contributed by atoms with E-state index in [1.54, 1.807) is 7.11 Å². The molecule has 0 aliphatic heterocycles. The Hall–Kier alpha value is -2.15. The highest BCUT2D eigenvalue weighted by molar-refractivity contribution is 7.19. The van der Waals surface area contributed by atoms with E-state index >= 15 is 0 Å². The molecule has 7 heteroatoms. The monoisotopic (exact) mass is 301 g/mol. The second-order valence-corrected chi connectivity index (χ2v) is 6.20. The number of benzene rings is 1. The van der Waals surface area contributed by atoms with Crippen molar-refractivity contribution in [1.29, 1.82) is 0 Å². The number of ether oxygens (including phenoxy) is 1. The van der Waals surface area contributed by atoms with E-state index in [1.807, 2.05) is 22.7 Å². The second-order valence-electron chi connectivity index (χ2n) is 5.24. The Kier molecular flexibility index (Phi) is 2.81. The molecule has 0 spiro atoms. The summed E-state index contributed by atoms with van der Waals surface area (Å²) in [5.74, 6) is 2.17. The average Bonchev–Trinajstić information content (AvgIpc) is 2.99. The first kappa shape index (κ1) is 12.6. The predicted molar refractivity (Wildman–Crippen MR) is 81.7 cm³/mol. The lowest BCUT2D eigenvalue weighted by molar-refractivity contribution is 0.395. The molecule has 108 valence electrons. The van der Waals surface area contributed by atoms with E-state index in [-0.39, 0.29) is 0 Å². The van der Waals surface area contributed by atoms with Crippen LogP contribution in [0, 0.1) is 0 Å². The van der Waals surface area contributed by atoms with Gasteiger partial charge in [-0.25, -0.2) is 0 Å². The molecule has 2 heterocycles. The highest BCUT2D eigenvalue weighted by atomic mass is 32.1. The molecule has 1 fully saturated rings. The first-order chi connectivity index (χ1) is 10.3. The molecule has 6 nitrogen and oxygen atoms in total. The summed E-state index contributed by atoms with van der Waals surface area (Å²) in [6, 6.07) is 5.71. The number of hydrogen-bond donors (Lipinski definition) is 1. The Labute approximate surface area is 125 Å². The van der Waals surface area contributed by atoms with Gasteiger partial charge in [0.25, 0.3) is 0 Å². The normalized spacial score (nSPS) is 15.3. The first-order valence-corrected chi connectivity index (χ1v) is 7.74. The fraction of sp³-hybridized carbons (Fsp3) is 0.357. The summed E-state index contributed by atoms with van der Waals surface area (Å²) >= 11 is 1.53. The van der Waals surface area contributed by atoms with Crippen LogP contribution in [0.5, 0.6) is 5.75 Å². The van der Waals surface area contributed by atoms with Gasteiger partial charge in [0.1, 0.15) is 10.8 Å². The Bertz CT molecular complexity index is 805. The Morgan fingerprint density at radius 2 is 2.19 bits per heavy atom. The van der Waals surface area contributed by atoms with Crippen LogP contribution in [0.2, 0.25) is 0 Å². The number of aromatic nitrogens is 4. The van der Waals surface area contributed by atoms with Gasteiger partial charge in [0.05, 0.1) is 12.8 Å². The third kappa shape index (κ3) is 1.96. The number of nitrogens with two attached hydrogens (primary N) is 1. The minimum Gasteiger partial charge on any atom is -0.495 e. The van der Waals surface area contributed by atoms with E-state index in [0.717, 1.165) is 21.4 Å². The Balaban J connectivity index is 1.76.